The molecule has 1 aliphatic carbocycles. The molecule has 0 unspecified atom stereocenters. The first kappa shape index (κ1) is 11.1. The summed E-state index contributed by atoms with van der Waals surface area (Å²) in [5.74, 6) is -1.32. The molecule has 6 heteroatoms. The van der Waals surface area contributed by atoms with Crippen LogP contribution in [0.1, 0.15) is 18.5 Å². The number of aliphatic carboxylic acids is 1. The number of aromatic nitrogens is 1. The van der Waals surface area contributed by atoms with Gasteiger partial charge < -0.3 is 10.0 Å². The zero-order valence-electron chi connectivity index (χ0n) is 8.84. The number of hydrogen-bond acceptors (Lipinski definition) is 4. The zero-order valence-corrected chi connectivity index (χ0v) is 9.66. The van der Waals surface area contributed by atoms with Crippen LogP contribution in [-0.4, -0.2) is 33.9 Å². The van der Waals surface area contributed by atoms with E-state index in [0.29, 0.717) is 19.4 Å². The van der Waals surface area contributed by atoms with Gasteiger partial charge in [0, 0.05) is 12.4 Å². The first-order valence-electron chi connectivity index (χ1n) is 4.92. The normalized spacial score (nSPS) is 16.8. The fraction of sp³-hybridized carbons (Fsp3) is 0.500. The molecule has 0 bridgehead atoms. The van der Waals surface area contributed by atoms with E-state index >= 15 is 0 Å². The second-order valence-corrected chi connectivity index (χ2v) is 4.75. The fourth-order valence-corrected chi connectivity index (χ4v) is 2.19. The van der Waals surface area contributed by atoms with Crippen LogP contribution in [0.25, 0.3) is 0 Å². The molecule has 0 saturated heterocycles. The molecule has 1 N–H and O–H groups in total. The summed E-state index contributed by atoms with van der Waals surface area (Å²) in [6.45, 7) is 0.372. The maximum Gasteiger partial charge on any atom is 0.319 e. The third kappa shape index (κ3) is 1.80. The van der Waals surface area contributed by atoms with Crippen LogP contribution in [0.15, 0.2) is 10.9 Å². The van der Waals surface area contributed by atoms with Gasteiger partial charge in [-0.2, -0.15) is 0 Å². The summed E-state index contributed by atoms with van der Waals surface area (Å²) < 4.78 is 0. The largest absolute Gasteiger partial charge is 0.480 e. The molecular formula is C10H12N2O3S. The standard InChI is InChI=1S/C10H12N2O3S/c1-12(4-7-5-16-6-11-7)8(13)10(2-3-10)9(14)15/h5-6H,2-4H2,1H3,(H,14,15). The van der Waals surface area contributed by atoms with Crippen molar-refractivity contribution in [3.63, 3.8) is 0 Å². The van der Waals surface area contributed by atoms with Crippen molar-refractivity contribution < 1.29 is 14.7 Å². The first-order valence-corrected chi connectivity index (χ1v) is 5.86. The highest BCUT2D eigenvalue weighted by molar-refractivity contribution is 7.07. The van der Waals surface area contributed by atoms with Gasteiger partial charge in [-0.15, -0.1) is 11.3 Å². The number of carboxylic acid groups (broad SMARTS) is 1. The number of carboxylic acids is 1. The van der Waals surface area contributed by atoms with Crippen molar-refractivity contribution in [3.8, 4) is 0 Å². The van der Waals surface area contributed by atoms with E-state index in [1.165, 1.54) is 16.2 Å². The van der Waals surface area contributed by atoms with Crippen molar-refractivity contribution >= 4 is 23.2 Å². The van der Waals surface area contributed by atoms with Crippen molar-refractivity contribution in [2.24, 2.45) is 5.41 Å². The molecule has 1 aliphatic rings. The van der Waals surface area contributed by atoms with Gasteiger partial charge in [-0.3, -0.25) is 9.59 Å². The van der Waals surface area contributed by atoms with Crippen molar-refractivity contribution in [1.29, 1.82) is 0 Å². The summed E-state index contributed by atoms with van der Waals surface area (Å²) in [5, 5.41) is 10.8. The summed E-state index contributed by atoms with van der Waals surface area (Å²) >= 11 is 1.46. The number of hydrogen-bond donors (Lipinski definition) is 1. The van der Waals surface area contributed by atoms with Gasteiger partial charge >= 0.3 is 5.97 Å². The molecular weight excluding hydrogens is 228 g/mol. The Hall–Kier alpha value is -1.43. The summed E-state index contributed by atoms with van der Waals surface area (Å²) in [5.41, 5.74) is 1.34. The van der Waals surface area contributed by atoms with Crippen LogP contribution < -0.4 is 0 Å². The van der Waals surface area contributed by atoms with E-state index in [9.17, 15) is 9.59 Å². The quantitative estimate of drug-likeness (QED) is 0.796. The second kappa shape index (κ2) is 3.86. The third-order valence-electron chi connectivity index (χ3n) is 2.80. The van der Waals surface area contributed by atoms with Crippen molar-refractivity contribution in [3.05, 3.63) is 16.6 Å². The van der Waals surface area contributed by atoms with Gasteiger partial charge in [0.05, 0.1) is 17.7 Å². The van der Waals surface area contributed by atoms with Crippen LogP contribution in [0.2, 0.25) is 0 Å². The second-order valence-electron chi connectivity index (χ2n) is 4.03. The molecule has 0 aromatic carbocycles. The van der Waals surface area contributed by atoms with Crippen LogP contribution >= 0.6 is 11.3 Å². The Morgan fingerprint density at radius 2 is 2.31 bits per heavy atom. The lowest BCUT2D eigenvalue weighted by Crippen LogP contribution is -2.38. The predicted octanol–water partition coefficient (Wildman–Crippen LogP) is 0.966. The molecule has 1 fully saturated rings. The molecule has 0 radical (unpaired) electrons. The Kier molecular flexibility index (Phi) is 2.67. The molecule has 86 valence electrons. The summed E-state index contributed by atoms with van der Waals surface area (Å²) in [6, 6.07) is 0. The number of amides is 1. The van der Waals surface area contributed by atoms with Gasteiger partial charge in [-0.1, -0.05) is 0 Å². The average molecular weight is 240 g/mol. The highest BCUT2D eigenvalue weighted by atomic mass is 32.1. The topological polar surface area (TPSA) is 70.5 Å². The van der Waals surface area contributed by atoms with E-state index in [1.807, 2.05) is 5.38 Å². The number of thiazole rings is 1. The van der Waals surface area contributed by atoms with Crippen molar-refractivity contribution in [2.45, 2.75) is 19.4 Å². The fourth-order valence-electron chi connectivity index (χ4n) is 1.64. The van der Waals surface area contributed by atoms with Crippen LogP contribution in [0.4, 0.5) is 0 Å². The first-order chi connectivity index (χ1) is 7.56. The summed E-state index contributed by atoms with van der Waals surface area (Å²) in [6.07, 6.45) is 0.894. The maximum absolute atomic E-state index is 11.9. The third-order valence-corrected chi connectivity index (χ3v) is 3.43. The lowest BCUT2D eigenvalue weighted by Gasteiger charge is -2.19. The minimum absolute atomic E-state index is 0.312. The molecule has 1 amide bonds. The average Bonchev–Trinajstić information content (AvgIpc) is 2.91. The highest BCUT2D eigenvalue weighted by Crippen LogP contribution is 2.47. The van der Waals surface area contributed by atoms with E-state index in [2.05, 4.69) is 4.98 Å². The van der Waals surface area contributed by atoms with Gasteiger partial charge in [0.25, 0.3) is 0 Å². The highest BCUT2D eigenvalue weighted by Gasteiger charge is 2.58. The van der Waals surface area contributed by atoms with Crippen LogP contribution in [0.3, 0.4) is 0 Å². The van der Waals surface area contributed by atoms with Gasteiger partial charge in [0.1, 0.15) is 5.41 Å². The molecule has 0 aliphatic heterocycles. The Labute approximate surface area is 96.7 Å². The minimum Gasteiger partial charge on any atom is -0.480 e. The summed E-state index contributed by atoms with van der Waals surface area (Å²) in [7, 11) is 1.62. The van der Waals surface area contributed by atoms with Gasteiger partial charge in [0.15, 0.2) is 0 Å². The monoisotopic (exact) mass is 240 g/mol. The number of carbonyl (C=O) groups excluding carboxylic acids is 1. The molecule has 16 heavy (non-hydrogen) atoms. The van der Waals surface area contributed by atoms with Gasteiger partial charge in [-0.25, -0.2) is 4.98 Å². The molecule has 1 aromatic heterocycles. The lowest BCUT2D eigenvalue weighted by atomic mass is 10.1. The number of nitrogens with zero attached hydrogens (tertiary/aromatic N) is 2. The molecule has 2 rings (SSSR count). The van der Waals surface area contributed by atoms with E-state index in [4.69, 9.17) is 5.11 Å². The van der Waals surface area contributed by atoms with E-state index in [1.54, 1.807) is 12.6 Å². The lowest BCUT2D eigenvalue weighted by molar-refractivity contribution is -0.153. The van der Waals surface area contributed by atoms with Crippen LogP contribution in [0, 0.1) is 5.41 Å². The van der Waals surface area contributed by atoms with E-state index in [-0.39, 0.29) is 5.91 Å². The van der Waals surface area contributed by atoms with E-state index < -0.39 is 11.4 Å². The summed E-state index contributed by atoms with van der Waals surface area (Å²) in [4.78, 5) is 28.4. The molecule has 0 spiro atoms. The predicted molar refractivity (Wildman–Crippen MR) is 57.9 cm³/mol. The van der Waals surface area contributed by atoms with Crippen LogP contribution in [0.5, 0.6) is 0 Å². The number of carbonyl (C=O) groups is 2. The maximum atomic E-state index is 11.9. The van der Waals surface area contributed by atoms with E-state index in [0.717, 1.165) is 5.69 Å². The Balaban J connectivity index is 2.03. The smallest absolute Gasteiger partial charge is 0.319 e. The molecule has 1 heterocycles. The Morgan fingerprint density at radius 3 is 2.75 bits per heavy atom. The molecule has 5 nitrogen and oxygen atoms in total. The Bertz CT molecular complexity index is 412. The Morgan fingerprint density at radius 1 is 1.62 bits per heavy atom. The zero-order chi connectivity index (χ0) is 11.8. The van der Waals surface area contributed by atoms with Gasteiger partial charge in [-0.05, 0) is 12.8 Å². The minimum atomic E-state index is -1.15. The molecule has 0 atom stereocenters. The SMILES string of the molecule is CN(Cc1cscn1)C(=O)C1(C(=O)O)CC1. The molecule has 1 aromatic rings. The number of rotatable bonds is 4. The van der Waals surface area contributed by atoms with Crippen LogP contribution in [-0.2, 0) is 16.1 Å². The van der Waals surface area contributed by atoms with Crippen molar-refractivity contribution in [1.82, 2.24) is 9.88 Å². The molecule has 1 saturated carbocycles. The van der Waals surface area contributed by atoms with Gasteiger partial charge in [0.2, 0.25) is 5.91 Å². The van der Waals surface area contributed by atoms with Crippen molar-refractivity contribution in [2.75, 3.05) is 7.05 Å².